The standard InChI is InChI=1S/C25H29N5O3S.C16H22N4O2/c1-33-19-3-4-20-22(13-19)30(25(32)15-27-20)11-10-29-8-6-18(7-9-29)26-14-17-2-5-23-21(12-17)28-24(31)16-34-23;1-22-13-2-3-14-15(10-13)20(16(21)11-18-14)9-8-19-6-4-12(17)5-7-19/h2-5,12-13,15,18,26H,6-11,14,16H2,1H3,(H,28,31);2-3,10-12H,4-9,17H2,1H3. The Morgan fingerprint density at radius 2 is 1.30 bits per heavy atom. The highest BCUT2D eigenvalue weighted by Gasteiger charge is 2.21. The topological polar surface area (TPSA) is 162 Å². The summed E-state index contributed by atoms with van der Waals surface area (Å²) in [5.41, 5.74) is 11.1. The molecule has 0 atom stereocenters. The van der Waals surface area contributed by atoms with Crippen LogP contribution in [0.3, 0.4) is 0 Å². The van der Waals surface area contributed by atoms with E-state index in [9.17, 15) is 14.4 Å². The number of amides is 1. The maximum absolute atomic E-state index is 12.5. The number of nitrogens with two attached hydrogens (primary N) is 1. The van der Waals surface area contributed by atoms with Crippen molar-refractivity contribution in [3.8, 4) is 11.5 Å². The maximum atomic E-state index is 12.5. The van der Waals surface area contributed by atoms with E-state index in [0.717, 1.165) is 116 Å². The average Bonchev–Trinajstić information content (AvgIpc) is 3.22. The van der Waals surface area contributed by atoms with Crippen LogP contribution in [-0.2, 0) is 24.4 Å². The van der Waals surface area contributed by atoms with Crippen LogP contribution in [0.1, 0.15) is 31.2 Å². The van der Waals surface area contributed by atoms with Gasteiger partial charge in [-0.2, -0.15) is 0 Å². The number of hydrogen-bond donors (Lipinski definition) is 3. The number of fused-ring (bicyclic) bond motifs is 3. The molecule has 0 saturated carbocycles. The molecule has 15 heteroatoms. The molecule has 8 rings (SSSR count). The molecule has 0 unspecified atom stereocenters. The zero-order valence-electron chi connectivity index (χ0n) is 32.1. The van der Waals surface area contributed by atoms with Gasteiger partial charge in [0.1, 0.15) is 11.5 Å². The minimum atomic E-state index is -0.0862. The molecule has 0 bridgehead atoms. The van der Waals surface area contributed by atoms with Crippen molar-refractivity contribution < 1.29 is 14.3 Å². The number of methoxy groups -OCH3 is 2. The average molecular weight is 782 g/mol. The Kier molecular flexibility index (Phi) is 13.0. The van der Waals surface area contributed by atoms with Crippen molar-refractivity contribution in [3.63, 3.8) is 0 Å². The molecule has 56 heavy (non-hydrogen) atoms. The van der Waals surface area contributed by atoms with Gasteiger partial charge < -0.3 is 44.8 Å². The zero-order valence-corrected chi connectivity index (χ0v) is 32.9. The van der Waals surface area contributed by atoms with Gasteiger partial charge in [-0.15, -0.1) is 11.8 Å². The van der Waals surface area contributed by atoms with Crippen molar-refractivity contribution >= 4 is 45.4 Å². The molecule has 2 fully saturated rings. The predicted octanol–water partition coefficient (Wildman–Crippen LogP) is 3.53. The fourth-order valence-electron chi connectivity index (χ4n) is 7.52. The van der Waals surface area contributed by atoms with Crippen LogP contribution in [0.4, 0.5) is 5.69 Å². The van der Waals surface area contributed by atoms with Gasteiger partial charge in [0.15, 0.2) is 0 Å². The van der Waals surface area contributed by atoms with E-state index < -0.39 is 0 Å². The lowest BCUT2D eigenvalue weighted by atomic mass is 10.0. The highest BCUT2D eigenvalue weighted by Crippen LogP contribution is 2.32. The first-order valence-corrected chi connectivity index (χ1v) is 20.3. The third-order valence-electron chi connectivity index (χ3n) is 10.9. The SMILES string of the molecule is COc1ccc2ncc(=O)n(CCN3CCC(N)CC3)c2c1.COc1ccc2ncc(=O)n(CCN3CCC(NCc4ccc5c(c4)NC(=O)CS5)CC3)c2c1. The van der Waals surface area contributed by atoms with Gasteiger partial charge in [0.25, 0.3) is 11.1 Å². The van der Waals surface area contributed by atoms with E-state index in [1.54, 1.807) is 35.1 Å². The maximum Gasteiger partial charge on any atom is 0.269 e. The number of aromatic nitrogens is 4. The van der Waals surface area contributed by atoms with Gasteiger partial charge in [0, 0.05) is 61.8 Å². The quantitative estimate of drug-likeness (QED) is 0.179. The number of ether oxygens (including phenoxy) is 2. The Labute approximate surface area is 330 Å². The number of nitrogens with one attached hydrogen (secondary N) is 2. The Bertz CT molecular complexity index is 2260. The molecule has 3 aliphatic rings. The Morgan fingerprint density at radius 3 is 1.86 bits per heavy atom. The monoisotopic (exact) mass is 781 g/mol. The Balaban J connectivity index is 0.000000189. The minimum Gasteiger partial charge on any atom is -0.497 e. The van der Waals surface area contributed by atoms with Crippen molar-refractivity contribution in [1.82, 2.24) is 34.2 Å². The number of nitrogens with zero attached hydrogens (tertiary/aromatic N) is 6. The molecule has 5 heterocycles. The second-order valence-corrected chi connectivity index (χ2v) is 15.6. The third kappa shape index (κ3) is 9.76. The number of anilines is 1. The summed E-state index contributed by atoms with van der Waals surface area (Å²) in [7, 11) is 3.25. The number of rotatable bonds is 11. The fourth-order valence-corrected chi connectivity index (χ4v) is 8.31. The summed E-state index contributed by atoms with van der Waals surface area (Å²) in [6, 6.07) is 18.3. The highest BCUT2D eigenvalue weighted by atomic mass is 32.2. The summed E-state index contributed by atoms with van der Waals surface area (Å²) in [4.78, 5) is 50.7. The number of hydrogen-bond acceptors (Lipinski definition) is 12. The van der Waals surface area contributed by atoms with Crippen molar-refractivity contribution in [1.29, 1.82) is 0 Å². The number of piperidine rings is 2. The summed E-state index contributed by atoms with van der Waals surface area (Å²) in [5, 5.41) is 6.64. The van der Waals surface area contributed by atoms with Crippen LogP contribution in [0, 0.1) is 0 Å². The molecular weight excluding hydrogens is 731 g/mol. The van der Waals surface area contributed by atoms with Gasteiger partial charge in [-0.25, -0.2) is 9.97 Å². The van der Waals surface area contributed by atoms with E-state index in [0.29, 0.717) is 30.9 Å². The molecule has 1 amide bonds. The number of carbonyl (C=O) groups is 1. The Morgan fingerprint density at radius 1 is 0.750 bits per heavy atom. The second-order valence-electron chi connectivity index (χ2n) is 14.5. The molecule has 2 aromatic heterocycles. The first kappa shape index (κ1) is 39.4. The van der Waals surface area contributed by atoms with E-state index in [-0.39, 0.29) is 17.0 Å². The van der Waals surface area contributed by atoms with Crippen molar-refractivity contribution in [3.05, 3.63) is 93.3 Å². The van der Waals surface area contributed by atoms with E-state index in [4.69, 9.17) is 15.2 Å². The van der Waals surface area contributed by atoms with Crippen molar-refractivity contribution in [2.24, 2.45) is 5.73 Å². The number of thioether (sulfide) groups is 1. The lowest BCUT2D eigenvalue weighted by molar-refractivity contribution is -0.113. The lowest BCUT2D eigenvalue weighted by Gasteiger charge is -2.32. The van der Waals surface area contributed by atoms with Crippen LogP contribution in [0.15, 0.2) is 81.5 Å². The van der Waals surface area contributed by atoms with Crippen molar-refractivity contribution in [2.45, 2.75) is 62.3 Å². The van der Waals surface area contributed by atoms with Crippen molar-refractivity contribution in [2.75, 3.05) is 64.6 Å². The summed E-state index contributed by atoms with van der Waals surface area (Å²) >= 11 is 1.59. The molecule has 3 aliphatic heterocycles. The predicted molar refractivity (Wildman–Crippen MR) is 221 cm³/mol. The minimum absolute atomic E-state index is 0.0659. The molecule has 0 radical (unpaired) electrons. The first-order valence-electron chi connectivity index (χ1n) is 19.3. The largest absolute Gasteiger partial charge is 0.497 e. The van der Waals surface area contributed by atoms with Crippen LogP contribution in [-0.4, -0.2) is 106 Å². The number of carbonyl (C=O) groups excluding carboxylic acids is 1. The third-order valence-corrected chi connectivity index (χ3v) is 12.0. The fraction of sp³-hybridized carbons (Fsp3) is 0.439. The molecule has 2 saturated heterocycles. The van der Waals surface area contributed by atoms with Gasteiger partial charge in [-0.1, -0.05) is 6.07 Å². The number of likely N-dealkylation sites (tertiary alicyclic amines) is 2. The van der Waals surface area contributed by atoms with Gasteiger partial charge in [0.2, 0.25) is 5.91 Å². The van der Waals surface area contributed by atoms with E-state index in [2.05, 4.69) is 48.6 Å². The van der Waals surface area contributed by atoms with Crippen LogP contribution in [0.2, 0.25) is 0 Å². The van der Waals surface area contributed by atoms with Gasteiger partial charge in [-0.05, 0) is 93.8 Å². The summed E-state index contributed by atoms with van der Waals surface area (Å²) in [6.07, 6.45) is 6.98. The smallest absolute Gasteiger partial charge is 0.269 e. The molecule has 296 valence electrons. The van der Waals surface area contributed by atoms with E-state index in [1.165, 1.54) is 18.0 Å². The highest BCUT2D eigenvalue weighted by molar-refractivity contribution is 8.00. The molecule has 0 aliphatic carbocycles. The van der Waals surface area contributed by atoms with Gasteiger partial charge in [0.05, 0.1) is 60.1 Å². The normalized spacial score (nSPS) is 16.9. The Hall–Kier alpha value is -4.80. The molecule has 0 spiro atoms. The van der Waals surface area contributed by atoms with E-state index >= 15 is 0 Å². The van der Waals surface area contributed by atoms with Crippen LogP contribution in [0.25, 0.3) is 22.1 Å². The summed E-state index contributed by atoms with van der Waals surface area (Å²) in [5.74, 6) is 2.01. The van der Waals surface area contributed by atoms with Gasteiger partial charge >= 0.3 is 0 Å². The van der Waals surface area contributed by atoms with Crippen LogP contribution in [0.5, 0.6) is 11.5 Å². The molecule has 14 nitrogen and oxygen atoms in total. The summed E-state index contributed by atoms with van der Waals surface area (Å²) in [6.45, 7) is 7.74. The first-order chi connectivity index (χ1) is 27.3. The molecule has 4 N–H and O–H groups in total. The van der Waals surface area contributed by atoms with Gasteiger partial charge in [-0.3, -0.25) is 14.4 Å². The number of benzene rings is 3. The molecular formula is C41H51N9O5S. The van der Waals surface area contributed by atoms with E-state index in [1.807, 2.05) is 36.4 Å². The van der Waals surface area contributed by atoms with Crippen LogP contribution < -0.4 is 37.0 Å². The lowest BCUT2D eigenvalue weighted by Crippen LogP contribution is -2.43. The zero-order chi connectivity index (χ0) is 39.0. The second kappa shape index (κ2) is 18.4. The summed E-state index contributed by atoms with van der Waals surface area (Å²) < 4.78 is 14.2. The molecule has 3 aromatic carbocycles. The van der Waals surface area contributed by atoms with Crippen LogP contribution >= 0.6 is 11.8 Å². The molecule has 5 aromatic rings.